The van der Waals surface area contributed by atoms with E-state index in [4.69, 9.17) is 10.5 Å². The zero-order valence-electron chi connectivity index (χ0n) is 6.73. The molecule has 1 unspecified atom stereocenters. The Bertz CT molecular complexity index is 339. The molecule has 4 nitrogen and oxygen atoms in total. The molecule has 0 amide bonds. The van der Waals surface area contributed by atoms with Gasteiger partial charge in [-0.15, -0.1) is 0 Å². The summed E-state index contributed by atoms with van der Waals surface area (Å²) in [6, 6.07) is 4.07. The van der Waals surface area contributed by atoms with Gasteiger partial charge in [-0.1, -0.05) is 0 Å². The number of hydrogen-bond acceptors (Lipinski definition) is 3. The summed E-state index contributed by atoms with van der Waals surface area (Å²) in [5.41, 5.74) is 0.528. The summed E-state index contributed by atoms with van der Waals surface area (Å²) in [7, 11) is 0. The molecule has 0 radical (unpaired) electrons. The van der Waals surface area contributed by atoms with Gasteiger partial charge in [-0.2, -0.15) is 15.6 Å². The molecule has 0 aliphatic carbocycles. The third-order valence-electron chi connectivity index (χ3n) is 1.44. The lowest BCUT2D eigenvalue weighted by molar-refractivity contribution is 0.528. The summed E-state index contributed by atoms with van der Waals surface area (Å²) >= 11 is 0. The van der Waals surface area contributed by atoms with Crippen molar-refractivity contribution in [2.75, 3.05) is 0 Å². The molecule has 0 saturated heterocycles. The van der Waals surface area contributed by atoms with Crippen LogP contribution in [0, 0.1) is 28.6 Å². The Balaban J connectivity index is 2.67. The fourth-order valence-electron chi connectivity index (χ4n) is 0.843. The van der Waals surface area contributed by atoms with E-state index in [-0.39, 0.29) is 5.92 Å². The standard InChI is InChI=1S/C8H8N4/c1-7(2-9)5-12-6-8(3-10)4-11-12/h4,6-7H,5H2,1H3. The first-order valence-electron chi connectivity index (χ1n) is 3.58. The highest BCUT2D eigenvalue weighted by Gasteiger charge is 2.02. The van der Waals surface area contributed by atoms with Gasteiger partial charge in [0.2, 0.25) is 0 Å². The van der Waals surface area contributed by atoms with E-state index in [2.05, 4.69) is 11.2 Å². The second-order valence-corrected chi connectivity index (χ2v) is 2.59. The van der Waals surface area contributed by atoms with Gasteiger partial charge in [-0.05, 0) is 6.92 Å². The highest BCUT2D eigenvalue weighted by Crippen LogP contribution is 2.00. The summed E-state index contributed by atoms with van der Waals surface area (Å²) in [5, 5.41) is 20.9. The average Bonchev–Trinajstić information content (AvgIpc) is 2.52. The summed E-state index contributed by atoms with van der Waals surface area (Å²) in [4.78, 5) is 0. The van der Waals surface area contributed by atoms with Crippen LogP contribution in [0.15, 0.2) is 12.4 Å². The Morgan fingerprint density at radius 2 is 2.42 bits per heavy atom. The third kappa shape index (κ3) is 1.83. The molecule has 0 aliphatic heterocycles. The van der Waals surface area contributed by atoms with Crippen LogP contribution in [0.25, 0.3) is 0 Å². The van der Waals surface area contributed by atoms with Gasteiger partial charge >= 0.3 is 0 Å². The molecule has 4 heteroatoms. The third-order valence-corrected chi connectivity index (χ3v) is 1.44. The molecule has 1 heterocycles. The molecule has 1 aromatic heterocycles. The minimum atomic E-state index is -0.0727. The molecule has 60 valence electrons. The van der Waals surface area contributed by atoms with E-state index in [0.29, 0.717) is 12.1 Å². The van der Waals surface area contributed by atoms with Crippen molar-refractivity contribution in [2.45, 2.75) is 13.5 Å². The van der Waals surface area contributed by atoms with Crippen LogP contribution in [0.4, 0.5) is 0 Å². The van der Waals surface area contributed by atoms with Crippen molar-refractivity contribution < 1.29 is 0 Å². The summed E-state index contributed by atoms with van der Waals surface area (Å²) in [6.07, 6.45) is 3.12. The zero-order chi connectivity index (χ0) is 8.97. The van der Waals surface area contributed by atoms with Crippen LogP contribution in [0.3, 0.4) is 0 Å². The molecule has 0 bridgehead atoms. The van der Waals surface area contributed by atoms with Crippen LogP contribution < -0.4 is 0 Å². The molecular formula is C8H8N4. The SMILES string of the molecule is CC(C#N)Cn1cc(C#N)cn1. The molecule has 0 fully saturated rings. The molecule has 0 aliphatic rings. The van der Waals surface area contributed by atoms with E-state index in [9.17, 15) is 0 Å². The van der Waals surface area contributed by atoms with Gasteiger partial charge in [0.25, 0.3) is 0 Å². The highest BCUT2D eigenvalue weighted by molar-refractivity contribution is 5.21. The van der Waals surface area contributed by atoms with Crippen LogP contribution in [-0.4, -0.2) is 9.78 Å². The molecule has 1 rings (SSSR count). The predicted molar refractivity (Wildman–Crippen MR) is 41.7 cm³/mol. The molecule has 1 atom stereocenters. The Hall–Kier alpha value is -1.81. The van der Waals surface area contributed by atoms with E-state index in [1.54, 1.807) is 10.9 Å². The molecule has 12 heavy (non-hydrogen) atoms. The fraction of sp³-hybridized carbons (Fsp3) is 0.375. The monoisotopic (exact) mass is 160 g/mol. The topological polar surface area (TPSA) is 65.4 Å². The number of hydrogen-bond donors (Lipinski definition) is 0. The quantitative estimate of drug-likeness (QED) is 0.646. The Labute approximate surface area is 70.6 Å². The Morgan fingerprint density at radius 3 is 2.92 bits per heavy atom. The van der Waals surface area contributed by atoms with Crippen molar-refractivity contribution in [2.24, 2.45) is 5.92 Å². The molecule has 0 spiro atoms. The van der Waals surface area contributed by atoms with Crippen molar-refractivity contribution >= 4 is 0 Å². The van der Waals surface area contributed by atoms with E-state index < -0.39 is 0 Å². The number of nitrogens with zero attached hydrogens (tertiary/aromatic N) is 4. The maximum Gasteiger partial charge on any atom is 0.102 e. The second-order valence-electron chi connectivity index (χ2n) is 2.59. The lowest BCUT2D eigenvalue weighted by Crippen LogP contribution is -2.05. The van der Waals surface area contributed by atoms with Gasteiger partial charge in [-0.25, -0.2) is 0 Å². The van der Waals surface area contributed by atoms with Crippen molar-refractivity contribution in [3.05, 3.63) is 18.0 Å². The van der Waals surface area contributed by atoms with E-state index in [1.807, 2.05) is 13.0 Å². The van der Waals surface area contributed by atoms with Crippen molar-refractivity contribution in [3.63, 3.8) is 0 Å². The van der Waals surface area contributed by atoms with E-state index in [1.165, 1.54) is 6.20 Å². The highest BCUT2D eigenvalue weighted by atomic mass is 15.3. The van der Waals surface area contributed by atoms with Crippen molar-refractivity contribution in [3.8, 4) is 12.1 Å². The first-order chi connectivity index (χ1) is 5.76. The van der Waals surface area contributed by atoms with Crippen LogP contribution in [0.5, 0.6) is 0 Å². The largest absolute Gasteiger partial charge is 0.270 e. The molecular weight excluding hydrogens is 152 g/mol. The van der Waals surface area contributed by atoms with Crippen LogP contribution in [-0.2, 0) is 6.54 Å². The van der Waals surface area contributed by atoms with Gasteiger partial charge < -0.3 is 0 Å². The minimum absolute atomic E-state index is 0.0727. The molecule has 1 aromatic rings. The maximum atomic E-state index is 8.50. The first kappa shape index (κ1) is 8.29. The van der Waals surface area contributed by atoms with E-state index >= 15 is 0 Å². The van der Waals surface area contributed by atoms with E-state index in [0.717, 1.165) is 0 Å². The number of rotatable bonds is 2. The molecule has 0 N–H and O–H groups in total. The Morgan fingerprint density at radius 1 is 1.67 bits per heavy atom. The maximum absolute atomic E-state index is 8.50. The zero-order valence-corrected chi connectivity index (χ0v) is 6.73. The van der Waals surface area contributed by atoms with Gasteiger partial charge in [0, 0.05) is 6.20 Å². The first-order valence-corrected chi connectivity index (χ1v) is 3.58. The van der Waals surface area contributed by atoms with Crippen LogP contribution in [0.1, 0.15) is 12.5 Å². The summed E-state index contributed by atoms with van der Waals surface area (Å²) in [5.74, 6) is -0.0727. The average molecular weight is 160 g/mol. The minimum Gasteiger partial charge on any atom is -0.270 e. The van der Waals surface area contributed by atoms with Gasteiger partial charge in [0.05, 0.1) is 30.3 Å². The smallest absolute Gasteiger partial charge is 0.102 e. The predicted octanol–water partition coefficient (Wildman–Crippen LogP) is 0.914. The summed E-state index contributed by atoms with van der Waals surface area (Å²) < 4.78 is 1.60. The van der Waals surface area contributed by atoms with Gasteiger partial charge in [-0.3, -0.25) is 4.68 Å². The van der Waals surface area contributed by atoms with Gasteiger partial charge in [0.15, 0.2) is 0 Å². The number of nitriles is 2. The summed E-state index contributed by atoms with van der Waals surface area (Å²) in [6.45, 7) is 2.35. The number of aromatic nitrogens is 2. The fourth-order valence-corrected chi connectivity index (χ4v) is 0.843. The van der Waals surface area contributed by atoms with Gasteiger partial charge in [0.1, 0.15) is 6.07 Å². The lowest BCUT2D eigenvalue weighted by Gasteiger charge is -2.00. The van der Waals surface area contributed by atoms with Crippen molar-refractivity contribution in [1.29, 1.82) is 10.5 Å². The Kier molecular flexibility index (Phi) is 2.45. The second kappa shape index (κ2) is 3.54. The van der Waals surface area contributed by atoms with Crippen LogP contribution in [0.2, 0.25) is 0 Å². The van der Waals surface area contributed by atoms with Crippen LogP contribution >= 0.6 is 0 Å². The molecule has 0 aromatic carbocycles. The molecule has 0 saturated carbocycles. The normalized spacial score (nSPS) is 11.6. The lowest BCUT2D eigenvalue weighted by atomic mass is 10.2. The van der Waals surface area contributed by atoms with Crippen molar-refractivity contribution in [1.82, 2.24) is 9.78 Å².